The molecule has 0 aliphatic carbocycles. The topological polar surface area (TPSA) is 32.8 Å². The predicted molar refractivity (Wildman–Crippen MR) is 155 cm³/mol. The summed E-state index contributed by atoms with van der Waals surface area (Å²) in [5, 5.41) is 0.492. The maximum Gasteiger partial charge on any atom is 0.340 e. The maximum absolute atomic E-state index is 13.1. The fourth-order valence-electron chi connectivity index (χ4n) is 4.84. The lowest BCUT2D eigenvalue weighted by Crippen LogP contribution is -2.30. The Bertz CT molecular complexity index is 1220. The fourth-order valence-corrected chi connectivity index (χ4v) is 5.02. The summed E-state index contributed by atoms with van der Waals surface area (Å²) in [7, 11) is 0. The van der Waals surface area contributed by atoms with Crippen LogP contribution < -0.4 is 9.80 Å². The molecule has 0 spiro atoms. The van der Waals surface area contributed by atoms with Gasteiger partial charge >= 0.3 is 5.97 Å². The molecule has 0 saturated heterocycles. The third-order valence-electron chi connectivity index (χ3n) is 6.50. The van der Waals surface area contributed by atoms with Gasteiger partial charge in [0.25, 0.3) is 0 Å². The van der Waals surface area contributed by atoms with Crippen molar-refractivity contribution in [3.63, 3.8) is 0 Å². The molecule has 0 radical (unpaired) electrons. The Hall–Kier alpha value is -4.02. The van der Waals surface area contributed by atoms with Crippen molar-refractivity contribution >= 4 is 28.9 Å². The number of halogens is 1. The van der Waals surface area contributed by atoms with E-state index in [0.29, 0.717) is 36.8 Å². The third kappa shape index (κ3) is 4.98. The van der Waals surface area contributed by atoms with E-state index in [1.807, 2.05) is 78.9 Å². The average molecular weight is 511 g/mol. The molecule has 0 saturated carbocycles. The van der Waals surface area contributed by atoms with Crippen LogP contribution in [-0.2, 0) is 10.3 Å². The van der Waals surface area contributed by atoms with Gasteiger partial charge in [-0.05, 0) is 36.4 Å². The summed E-state index contributed by atoms with van der Waals surface area (Å²) in [5.74, 6) is -0.398. The summed E-state index contributed by atoms with van der Waals surface area (Å²) < 4.78 is 6.25. The molecule has 1 heterocycles. The summed E-state index contributed by atoms with van der Waals surface area (Å²) in [5.41, 5.74) is 3.90. The number of esters is 1. The van der Waals surface area contributed by atoms with Crippen LogP contribution in [0.2, 0.25) is 5.02 Å². The zero-order chi connectivity index (χ0) is 26.4. The second-order valence-electron chi connectivity index (χ2n) is 8.82. The zero-order valence-electron chi connectivity index (χ0n) is 20.9. The molecule has 3 aromatic rings. The summed E-state index contributed by atoms with van der Waals surface area (Å²) >= 11 is 6.25. The lowest BCUT2D eigenvalue weighted by molar-refractivity contribution is 0.0251. The molecule has 0 bridgehead atoms. The van der Waals surface area contributed by atoms with Crippen LogP contribution in [0.5, 0.6) is 0 Å². The Morgan fingerprint density at radius 3 is 1.54 bits per heavy atom. The van der Waals surface area contributed by atoms with Gasteiger partial charge < -0.3 is 14.5 Å². The van der Waals surface area contributed by atoms with Crippen LogP contribution in [-0.4, -0.2) is 32.1 Å². The SMILES string of the molecule is C=CCN(CC=C)c1ccc(C2(c3ccc(N(CC=C)CC=C)cc3)OC(=O)c3cc(Cl)ccc32)cc1. The first-order chi connectivity index (χ1) is 18.0. The highest BCUT2D eigenvalue weighted by Crippen LogP contribution is 2.48. The number of carbonyl (C=O) groups excluding carboxylic acids is 1. The van der Waals surface area contributed by atoms with Crippen LogP contribution in [0.15, 0.2) is 117 Å². The molecule has 188 valence electrons. The van der Waals surface area contributed by atoms with E-state index in [1.165, 1.54) is 0 Å². The highest BCUT2D eigenvalue weighted by atomic mass is 35.5. The Balaban J connectivity index is 1.84. The molecule has 0 aromatic heterocycles. The zero-order valence-corrected chi connectivity index (χ0v) is 21.7. The van der Waals surface area contributed by atoms with Crippen LogP contribution in [0.3, 0.4) is 0 Å². The molecule has 4 rings (SSSR count). The summed E-state index contributed by atoms with van der Waals surface area (Å²) in [6.45, 7) is 18.2. The van der Waals surface area contributed by atoms with Crippen LogP contribution in [0.1, 0.15) is 27.0 Å². The Morgan fingerprint density at radius 2 is 1.14 bits per heavy atom. The minimum Gasteiger partial charge on any atom is -0.441 e. The first kappa shape index (κ1) is 26.1. The number of fused-ring (bicyclic) bond motifs is 1. The molecule has 1 aliphatic heterocycles. The van der Waals surface area contributed by atoms with Crippen molar-refractivity contribution in [2.75, 3.05) is 36.0 Å². The van der Waals surface area contributed by atoms with Gasteiger partial charge in [-0.3, -0.25) is 0 Å². The molecular weight excluding hydrogens is 480 g/mol. The van der Waals surface area contributed by atoms with E-state index in [2.05, 4.69) is 36.1 Å². The highest BCUT2D eigenvalue weighted by molar-refractivity contribution is 6.31. The Labute approximate surface area is 224 Å². The summed E-state index contributed by atoms with van der Waals surface area (Å²) in [6.07, 6.45) is 7.45. The van der Waals surface area contributed by atoms with Gasteiger partial charge in [-0.1, -0.05) is 66.2 Å². The molecule has 0 N–H and O–H groups in total. The fraction of sp³-hybridized carbons (Fsp3) is 0.156. The van der Waals surface area contributed by atoms with Gasteiger partial charge in [0.2, 0.25) is 0 Å². The lowest BCUT2D eigenvalue weighted by Gasteiger charge is -2.32. The number of rotatable bonds is 12. The number of nitrogens with zero attached hydrogens (tertiary/aromatic N) is 2. The van der Waals surface area contributed by atoms with E-state index in [4.69, 9.17) is 16.3 Å². The number of hydrogen-bond donors (Lipinski definition) is 0. The summed E-state index contributed by atoms with van der Waals surface area (Å²) in [4.78, 5) is 17.4. The van der Waals surface area contributed by atoms with Crippen molar-refractivity contribution < 1.29 is 9.53 Å². The number of ether oxygens (including phenoxy) is 1. The normalized spacial score (nSPS) is 13.3. The standard InChI is InChI=1S/C32H31ClN2O2/c1-5-19-34(20-6-2)27-14-9-24(10-15-27)32(30-18-13-26(33)23-29(30)31(36)37-32)25-11-16-28(17-12-25)35(21-7-3)22-8-4/h5-18,23H,1-4,19-22H2. The number of carbonyl (C=O) groups is 1. The van der Waals surface area contributed by atoms with E-state index in [0.717, 1.165) is 28.1 Å². The van der Waals surface area contributed by atoms with Crippen LogP contribution in [0.25, 0.3) is 0 Å². The Kier molecular flexibility index (Phi) is 8.00. The quantitative estimate of drug-likeness (QED) is 0.191. The minimum absolute atomic E-state index is 0.398. The molecule has 5 heteroatoms. The molecule has 1 aliphatic rings. The van der Waals surface area contributed by atoms with Gasteiger partial charge in [0.15, 0.2) is 5.60 Å². The lowest BCUT2D eigenvalue weighted by atomic mass is 9.79. The van der Waals surface area contributed by atoms with Crippen molar-refractivity contribution in [2.45, 2.75) is 5.60 Å². The van der Waals surface area contributed by atoms with Gasteiger partial charge in [-0.25, -0.2) is 4.79 Å². The van der Waals surface area contributed by atoms with Gasteiger partial charge in [-0.2, -0.15) is 0 Å². The van der Waals surface area contributed by atoms with E-state index >= 15 is 0 Å². The van der Waals surface area contributed by atoms with E-state index in [9.17, 15) is 4.79 Å². The van der Waals surface area contributed by atoms with E-state index in [-0.39, 0.29) is 0 Å². The largest absolute Gasteiger partial charge is 0.441 e. The second kappa shape index (κ2) is 11.4. The second-order valence-corrected chi connectivity index (χ2v) is 9.26. The number of hydrogen-bond acceptors (Lipinski definition) is 4. The van der Waals surface area contributed by atoms with Crippen molar-refractivity contribution in [1.82, 2.24) is 0 Å². The van der Waals surface area contributed by atoms with E-state index < -0.39 is 11.6 Å². The van der Waals surface area contributed by atoms with Crippen molar-refractivity contribution in [2.24, 2.45) is 0 Å². The molecule has 0 atom stereocenters. The molecule has 0 amide bonds. The first-order valence-electron chi connectivity index (χ1n) is 12.2. The molecule has 37 heavy (non-hydrogen) atoms. The van der Waals surface area contributed by atoms with Crippen LogP contribution in [0, 0.1) is 0 Å². The average Bonchev–Trinajstić information content (AvgIpc) is 3.21. The predicted octanol–water partition coefficient (Wildman–Crippen LogP) is 7.16. The van der Waals surface area contributed by atoms with Crippen molar-refractivity contribution in [3.8, 4) is 0 Å². The van der Waals surface area contributed by atoms with Gasteiger partial charge in [-0.15, -0.1) is 26.3 Å². The first-order valence-corrected chi connectivity index (χ1v) is 12.5. The summed E-state index contributed by atoms with van der Waals surface area (Å²) in [6, 6.07) is 21.6. The third-order valence-corrected chi connectivity index (χ3v) is 6.74. The van der Waals surface area contributed by atoms with Crippen LogP contribution in [0.4, 0.5) is 11.4 Å². The molecule has 0 fully saturated rings. The highest BCUT2D eigenvalue weighted by Gasteiger charge is 2.48. The molecule has 0 unspecified atom stereocenters. The number of anilines is 2. The van der Waals surface area contributed by atoms with E-state index in [1.54, 1.807) is 12.1 Å². The van der Waals surface area contributed by atoms with Gasteiger partial charge in [0, 0.05) is 59.3 Å². The van der Waals surface area contributed by atoms with Crippen molar-refractivity contribution in [3.05, 3.63) is 145 Å². The molecule has 3 aromatic carbocycles. The van der Waals surface area contributed by atoms with Gasteiger partial charge in [0.1, 0.15) is 0 Å². The smallest absolute Gasteiger partial charge is 0.340 e. The Morgan fingerprint density at radius 1 is 0.703 bits per heavy atom. The molecule has 4 nitrogen and oxygen atoms in total. The number of cyclic esters (lactones) is 1. The van der Waals surface area contributed by atoms with Gasteiger partial charge in [0.05, 0.1) is 5.56 Å². The monoisotopic (exact) mass is 510 g/mol. The van der Waals surface area contributed by atoms with Crippen LogP contribution >= 0.6 is 11.6 Å². The maximum atomic E-state index is 13.1. The van der Waals surface area contributed by atoms with Crippen molar-refractivity contribution in [1.29, 1.82) is 0 Å². The molecular formula is C32H31ClN2O2. The number of benzene rings is 3. The minimum atomic E-state index is -1.10.